The summed E-state index contributed by atoms with van der Waals surface area (Å²) in [7, 11) is 0. The Bertz CT molecular complexity index is 766. The summed E-state index contributed by atoms with van der Waals surface area (Å²) in [6.07, 6.45) is -4.68. The van der Waals surface area contributed by atoms with Crippen LogP contribution in [0.15, 0.2) is 18.3 Å². The van der Waals surface area contributed by atoms with E-state index >= 15 is 0 Å². The molecule has 0 bridgehead atoms. The normalized spacial score (nSPS) is 30.9. The number of aliphatic hydroxyl groups is 4. The predicted octanol–water partition coefficient (Wildman–Crippen LogP) is -0.590. The minimum Gasteiger partial charge on any atom is -0.394 e. The molecular formula is C15H15ClN2O5. The molecule has 0 aliphatic carbocycles. The molecule has 2 heterocycles. The Hall–Kier alpha value is -1.66. The van der Waals surface area contributed by atoms with E-state index in [0.717, 1.165) is 5.39 Å². The summed E-state index contributed by atoms with van der Waals surface area (Å²) in [4.78, 5) is 0. The first-order valence-electron chi connectivity index (χ1n) is 6.96. The second-order valence-electron chi connectivity index (χ2n) is 5.31. The van der Waals surface area contributed by atoms with Crippen molar-refractivity contribution in [3.05, 3.63) is 28.9 Å². The van der Waals surface area contributed by atoms with Crippen LogP contribution in [0.2, 0.25) is 5.02 Å². The maximum atomic E-state index is 9.96. The lowest BCUT2D eigenvalue weighted by Crippen LogP contribution is -2.58. The van der Waals surface area contributed by atoms with Gasteiger partial charge in [-0.3, -0.25) is 5.10 Å². The zero-order valence-corrected chi connectivity index (χ0v) is 12.6. The highest BCUT2D eigenvalue weighted by Crippen LogP contribution is 2.23. The van der Waals surface area contributed by atoms with Crippen LogP contribution in [0.25, 0.3) is 10.9 Å². The molecule has 23 heavy (non-hydrogen) atoms. The third kappa shape index (κ3) is 3.05. The Morgan fingerprint density at radius 3 is 2.74 bits per heavy atom. The van der Waals surface area contributed by atoms with Crippen LogP contribution in [0.1, 0.15) is 5.56 Å². The van der Waals surface area contributed by atoms with Crippen LogP contribution >= 0.6 is 11.6 Å². The average Bonchev–Trinajstić information content (AvgIpc) is 3.00. The van der Waals surface area contributed by atoms with E-state index in [9.17, 15) is 15.3 Å². The van der Waals surface area contributed by atoms with Crippen molar-refractivity contribution in [3.8, 4) is 11.8 Å². The van der Waals surface area contributed by atoms with Crippen molar-refractivity contribution in [3.63, 3.8) is 0 Å². The maximum Gasteiger partial charge on any atom is 0.147 e. The minimum atomic E-state index is -1.45. The van der Waals surface area contributed by atoms with Crippen LogP contribution in [0.5, 0.6) is 0 Å². The first-order chi connectivity index (χ1) is 11.0. The van der Waals surface area contributed by atoms with Crippen molar-refractivity contribution >= 4 is 22.5 Å². The van der Waals surface area contributed by atoms with Crippen LogP contribution in [0.4, 0.5) is 0 Å². The number of fused-ring (bicyclic) bond motifs is 1. The van der Waals surface area contributed by atoms with Gasteiger partial charge in [-0.25, -0.2) is 0 Å². The van der Waals surface area contributed by atoms with Gasteiger partial charge < -0.3 is 25.2 Å². The fraction of sp³-hybridized carbons (Fsp3) is 0.400. The monoisotopic (exact) mass is 338 g/mol. The lowest BCUT2D eigenvalue weighted by molar-refractivity contribution is -0.214. The van der Waals surface area contributed by atoms with E-state index in [2.05, 4.69) is 22.0 Å². The molecule has 0 unspecified atom stereocenters. The zero-order chi connectivity index (χ0) is 16.6. The molecule has 1 saturated heterocycles. The number of benzene rings is 1. The van der Waals surface area contributed by atoms with Crippen molar-refractivity contribution in [2.24, 2.45) is 0 Å². The number of aromatic amines is 1. The summed E-state index contributed by atoms with van der Waals surface area (Å²) in [5, 5.41) is 46.6. The van der Waals surface area contributed by atoms with Crippen LogP contribution in [-0.4, -0.2) is 67.8 Å². The number of aliphatic hydroxyl groups excluding tert-OH is 4. The Morgan fingerprint density at radius 1 is 1.22 bits per heavy atom. The van der Waals surface area contributed by atoms with E-state index in [4.69, 9.17) is 21.4 Å². The van der Waals surface area contributed by atoms with Gasteiger partial charge in [0.15, 0.2) is 0 Å². The van der Waals surface area contributed by atoms with E-state index in [0.29, 0.717) is 16.1 Å². The van der Waals surface area contributed by atoms with E-state index in [-0.39, 0.29) is 0 Å². The van der Waals surface area contributed by atoms with Crippen molar-refractivity contribution in [2.45, 2.75) is 30.5 Å². The molecule has 1 fully saturated rings. The Balaban J connectivity index is 1.92. The molecule has 0 amide bonds. The summed E-state index contributed by atoms with van der Waals surface area (Å²) in [6.45, 7) is -0.495. The highest BCUT2D eigenvalue weighted by Gasteiger charge is 2.42. The summed E-state index contributed by atoms with van der Waals surface area (Å²) in [6, 6.07) is 3.37. The van der Waals surface area contributed by atoms with Crippen LogP contribution < -0.4 is 0 Å². The SMILES string of the molecule is OC[C@H]1O[C@H](C#Cc2cc(Cl)cc3cn[nH]c23)[C@@H](O)[C@@H](O)[C@@H]1O. The van der Waals surface area contributed by atoms with Gasteiger partial charge in [0.25, 0.3) is 0 Å². The van der Waals surface area contributed by atoms with Crippen LogP contribution in [0.3, 0.4) is 0 Å². The molecule has 0 spiro atoms. The van der Waals surface area contributed by atoms with Crippen molar-refractivity contribution in [1.29, 1.82) is 0 Å². The van der Waals surface area contributed by atoms with Crippen LogP contribution in [0, 0.1) is 11.8 Å². The Labute approximate surface area is 136 Å². The molecule has 1 aliphatic heterocycles. The molecule has 2 aromatic rings. The third-order valence-corrected chi connectivity index (χ3v) is 3.97. The zero-order valence-electron chi connectivity index (χ0n) is 11.8. The van der Waals surface area contributed by atoms with E-state index in [1.807, 2.05) is 0 Å². The molecule has 1 aliphatic rings. The number of H-pyrrole nitrogens is 1. The van der Waals surface area contributed by atoms with Gasteiger partial charge >= 0.3 is 0 Å². The summed E-state index contributed by atoms with van der Waals surface area (Å²) in [5.41, 5.74) is 1.24. The van der Waals surface area contributed by atoms with Gasteiger partial charge in [0.2, 0.25) is 0 Å². The van der Waals surface area contributed by atoms with E-state index < -0.39 is 37.1 Å². The number of hydrogen-bond acceptors (Lipinski definition) is 6. The van der Waals surface area contributed by atoms with Crippen molar-refractivity contribution in [1.82, 2.24) is 10.2 Å². The number of aromatic nitrogens is 2. The molecule has 8 heteroatoms. The molecule has 7 nitrogen and oxygen atoms in total. The third-order valence-electron chi connectivity index (χ3n) is 3.75. The molecule has 5 atom stereocenters. The lowest BCUT2D eigenvalue weighted by atomic mass is 9.95. The molecule has 1 aromatic heterocycles. The molecule has 122 valence electrons. The highest BCUT2D eigenvalue weighted by atomic mass is 35.5. The van der Waals surface area contributed by atoms with Gasteiger partial charge in [0.1, 0.15) is 30.5 Å². The topological polar surface area (TPSA) is 119 Å². The molecule has 3 rings (SSSR count). The van der Waals surface area contributed by atoms with Gasteiger partial charge in [-0.05, 0) is 12.1 Å². The van der Waals surface area contributed by atoms with Gasteiger partial charge in [-0.2, -0.15) is 5.10 Å². The number of halogens is 1. The number of nitrogens with zero attached hydrogens (tertiary/aromatic N) is 1. The standard InChI is InChI=1S/C15H15ClN2O5/c16-9-3-7(12-8(4-9)5-17-18-12)1-2-10-13(20)15(22)14(21)11(6-19)23-10/h3-5,10-11,13-15,19-22H,6H2,(H,17,18)/t10-,11-,13-,14-,15-/m1/s1. The largest absolute Gasteiger partial charge is 0.394 e. The quantitative estimate of drug-likeness (QED) is 0.443. The maximum absolute atomic E-state index is 9.96. The molecule has 0 radical (unpaired) electrons. The number of rotatable bonds is 1. The molecule has 1 aromatic carbocycles. The van der Waals surface area contributed by atoms with Crippen molar-refractivity contribution in [2.75, 3.05) is 6.61 Å². The molecular weight excluding hydrogens is 324 g/mol. The Kier molecular flexibility index (Phi) is 4.55. The fourth-order valence-electron chi connectivity index (χ4n) is 2.49. The van der Waals surface area contributed by atoms with E-state index in [1.54, 1.807) is 18.3 Å². The van der Waals surface area contributed by atoms with Gasteiger partial charge in [-0.1, -0.05) is 23.4 Å². The Morgan fingerprint density at radius 2 is 2.00 bits per heavy atom. The summed E-state index contributed by atoms with van der Waals surface area (Å²) < 4.78 is 5.33. The highest BCUT2D eigenvalue weighted by molar-refractivity contribution is 6.31. The smallest absolute Gasteiger partial charge is 0.147 e. The second-order valence-corrected chi connectivity index (χ2v) is 5.74. The summed E-state index contributed by atoms with van der Waals surface area (Å²) >= 11 is 6.02. The first-order valence-corrected chi connectivity index (χ1v) is 7.33. The summed E-state index contributed by atoms with van der Waals surface area (Å²) in [5.74, 6) is 5.53. The lowest BCUT2D eigenvalue weighted by Gasteiger charge is -2.37. The van der Waals surface area contributed by atoms with Gasteiger partial charge in [0.05, 0.1) is 23.9 Å². The van der Waals surface area contributed by atoms with E-state index in [1.165, 1.54) is 0 Å². The molecule has 5 N–H and O–H groups in total. The fourth-order valence-corrected chi connectivity index (χ4v) is 2.72. The van der Waals surface area contributed by atoms with Crippen molar-refractivity contribution < 1.29 is 25.2 Å². The minimum absolute atomic E-state index is 0.483. The van der Waals surface area contributed by atoms with Gasteiger partial charge in [-0.15, -0.1) is 0 Å². The van der Waals surface area contributed by atoms with Gasteiger partial charge in [0, 0.05) is 10.4 Å². The molecule has 0 saturated carbocycles. The first kappa shape index (κ1) is 16.2. The average molecular weight is 339 g/mol. The second kappa shape index (κ2) is 6.45. The van der Waals surface area contributed by atoms with Crippen LogP contribution in [-0.2, 0) is 4.74 Å². The number of hydrogen-bond donors (Lipinski definition) is 5. The number of ether oxygens (including phenoxy) is 1. The predicted molar refractivity (Wildman–Crippen MR) is 81.7 cm³/mol. The number of nitrogens with one attached hydrogen (secondary N) is 1.